The Morgan fingerprint density at radius 2 is 1.33 bits per heavy atom. The maximum Gasteiger partial charge on any atom is -0.0297 e. The Morgan fingerprint density at radius 3 is 1.67 bits per heavy atom. The van der Waals surface area contributed by atoms with Crippen molar-refractivity contribution in [3.8, 4) is 0 Å². The maximum absolute atomic E-state index is 2.40. The second-order valence-electron chi connectivity index (χ2n) is 4.18. The van der Waals surface area contributed by atoms with E-state index in [1.807, 2.05) is 13.8 Å². The van der Waals surface area contributed by atoms with Crippen LogP contribution in [0.4, 0.5) is 0 Å². The zero-order valence-corrected chi connectivity index (χ0v) is 8.32. The topological polar surface area (TPSA) is 0 Å². The predicted octanol–water partition coefficient (Wildman–Crippen LogP) is 4.64. The van der Waals surface area contributed by atoms with Crippen LogP contribution in [0.15, 0.2) is 0 Å². The van der Waals surface area contributed by atoms with Crippen molar-refractivity contribution in [3.05, 3.63) is 0 Å². The zero-order valence-electron chi connectivity index (χ0n) is 8.32. The van der Waals surface area contributed by atoms with Gasteiger partial charge in [0.25, 0.3) is 0 Å². The molecule has 0 N–H and O–H groups in total. The lowest BCUT2D eigenvalue weighted by atomic mass is 9.81. The van der Waals surface area contributed by atoms with Gasteiger partial charge in [-0.1, -0.05) is 41.0 Å². The molecule has 0 aromatic carbocycles. The quantitative estimate of drug-likeness (QED) is 0.497. The van der Waals surface area contributed by atoms with E-state index in [2.05, 4.69) is 6.92 Å². The van der Waals surface area contributed by atoms with Gasteiger partial charge >= 0.3 is 0 Å². The van der Waals surface area contributed by atoms with E-state index in [-0.39, 0.29) is 7.43 Å². The molecule has 0 heterocycles. The van der Waals surface area contributed by atoms with Gasteiger partial charge < -0.3 is 0 Å². The molecule has 0 radical (unpaired) electrons. The normalized spacial score (nSPS) is 25.2. The average Bonchev–Trinajstić information content (AvgIpc) is 2.81. The first-order chi connectivity index (χ1) is 5.31. The van der Waals surface area contributed by atoms with Crippen LogP contribution in [0.25, 0.3) is 0 Å². The van der Waals surface area contributed by atoms with E-state index >= 15 is 0 Å². The van der Waals surface area contributed by atoms with Gasteiger partial charge in [-0.05, 0) is 37.0 Å². The smallest absolute Gasteiger partial charge is 0.0297 e. The molecule has 1 spiro atoms. The summed E-state index contributed by atoms with van der Waals surface area (Å²) in [5, 5.41) is 0. The van der Waals surface area contributed by atoms with Crippen LogP contribution in [-0.4, -0.2) is 0 Å². The van der Waals surface area contributed by atoms with E-state index in [1.54, 1.807) is 25.7 Å². The maximum atomic E-state index is 2.40. The second-order valence-corrected chi connectivity index (χ2v) is 4.18. The summed E-state index contributed by atoms with van der Waals surface area (Å²) >= 11 is 0. The van der Waals surface area contributed by atoms with Crippen molar-refractivity contribution in [3.63, 3.8) is 0 Å². The summed E-state index contributed by atoms with van der Waals surface area (Å²) in [7, 11) is 0. The van der Waals surface area contributed by atoms with Crippen LogP contribution in [0, 0.1) is 11.3 Å². The second kappa shape index (κ2) is 4.89. The highest BCUT2D eigenvalue weighted by Crippen LogP contribution is 2.56. The predicted molar refractivity (Wildman–Crippen MR) is 57.4 cm³/mol. The van der Waals surface area contributed by atoms with Crippen molar-refractivity contribution in [1.29, 1.82) is 0 Å². The van der Waals surface area contributed by atoms with Crippen LogP contribution in [0.5, 0.6) is 0 Å². The molecule has 2 fully saturated rings. The summed E-state index contributed by atoms with van der Waals surface area (Å²) in [4.78, 5) is 0. The molecular weight excluding hydrogens is 144 g/mol. The van der Waals surface area contributed by atoms with Crippen LogP contribution in [-0.2, 0) is 0 Å². The molecule has 2 saturated carbocycles. The molecule has 0 aliphatic heterocycles. The van der Waals surface area contributed by atoms with E-state index < -0.39 is 0 Å². The third-order valence-corrected chi connectivity index (χ3v) is 3.29. The molecule has 0 unspecified atom stereocenters. The van der Waals surface area contributed by atoms with Crippen LogP contribution in [0.2, 0.25) is 0 Å². The molecule has 0 aromatic heterocycles. The molecule has 74 valence electrons. The fraction of sp³-hybridized carbons (Fsp3) is 1.00. The summed E-state index contributed by atoms with van der Waals surface area (Å²) in [5.41, 5.74) is 0.909. The first-order valence-corrected chi connectivity index (χ1v) is 5.31. The van der Waals surface area contributed by atoms with Crippen molar-refractivity contribution in [1.82, 2.24) is 0 Å². The zero-order chi connectivity index (χ0) is 8.32. The van der Waals surface area contributed by atoms with Gasteiger partial charge in [-0.3, -0.25) is 0 Å². The molecular formula is C12H26. The Hall–Kier alpha value is 0. The largest absolute Gasteiger partial charge is 0.0776 e. The fourth-order valence-corrected chi connectivity index (χ4v) is 2.05. The fourth-order valence-electron chi connectivity index (χ4n) is 2.05. The van der Waals surface area contributed by atoms with Crippen LogP contribution < -0.4 is 0 Å². The highest BCUT2D eigenvalue weighted by atomic mass is 14.5. The van der Waals surface area contributed by atoms with E-state index in [1.165, 1.54) is 12.8 Å². The van der Waals surface area contributed by atoms with E-state index in [9.17, 15) is 0 Å². The number of hydrogen-bond donors (Lipinski definition) is 0. The molecule has 2 aliphatic carbocycles. The van der Waals surface area contributed by atoms with Crippen molar-refractivity contribution >= 4 is 0 Å². The van der Waals surface area contributed by atoms with Gasteiger partial charge in [0.05, 0.1) is 0 Å². The minimum absolute atomic E-state index is 0. The Bertz CT molecular complexity index is 101. The Labute approximate surface area is 78.8 Å². The Kier molecular flexibility index (Phi) is 4.89. The summed E-state index contributed by atoms with van der Waals surface area (Å²) in [6.07, 6.45) is 9.24. The summed E-state index contributed by atoms with van der Waals surface area (Å²) < 4.78 is 0. The van der Waals surface area contributed by atoms with E-state index in [0.717, 1.165) is 11.3 Å². The van der Waals surface area contributed by atoms with Gasteiger partial charge in [0.2, 0.25) is 0 Å². The molecule has 0 amide bonds. The van der Waals surface area contributed by atoms with Gasteiger partial charge in [-0.15, -0.1) is 0 Å². The van der Waals surface area contributed by atoms with Gasteiger partial charge in [-0.2, -0.15) is 0 Å². The highest BCUT2D eigenvalue weighted by molar-refractivity contribution is 4.95. The average molecular weight is 170 g/mol. The lowest BCUT2D eigenvalue weighted by Gasteiger charge is -2.25. The standard InChI is InChI=1S/C9H16.C2H6.CH4/c1-8-2-4-9(5-3-8)6-7-9;1-2;/h8H,2-7H2,1H3;1-2H3;1H4. The van der Waals surface area contributed by atoms with Crippen LogP contribution in [0.3, 0.4) is 0 Å². The van der Waals surface area contributed by atoms with Crippen molar-refractivity contribution < 1.29 is 0 Å². The minimum Gasteiger partial charge on any atom is -0.0776 e. The molecule has 2 rings (SSSR count). The molecule has 0 aromatic rings. The lowest BCUT2D eigenvalue weighted by Crippen LogP contribution is -2.12. The van der Waals surface area contributed by atoms with Gasteiger partial charge in [0.1, 0.15) is 0 Å². The molecule has 0 nitrogen and oxygen atoms in total. The minimum atomic E-state index is 0. The summed E-state index contributed by atoms with van der Waals surface area (Å²) in [5.74, 6) is 1.04. The molecule has 2 aliphatic rings. The summed E-state index contributed by atoms with van der Waals surface area (Å²) in [6, 6.07) is 0. The number of hydrogen-bond acceptors (Lipinski definition) is 0. The SMILES string of the molecule is C.CC.CC1CCC2(CC1)CC2. The molecule has 0 heteroatoms. The van der Waals surface area contributed by atoms with Crippen LogP contribution >= 0.6 is 0 Å². The molecule has 0 atom stereocenters. The van der Waals surface area contributed by atoms with Gasteiger partial charge in [0.15, 0.2) is 0 Å². The molecule has 0 bridgehead atoms. The third kappa shape index (κ3) is 2.80. The first-order valence-electron chi connectivity index (χ1n) is 5.31. The third-order valence-electron chi connectivity index (χ3n) is 3.29. The molecule has 12 heavy (non-hydrogen) atoms. The van der Waals surface area contributed by atoms with Crippen molar-refractivity contribution in [2.75, 3.05) is 0 Å². The monoisotopic (exact) mass is 170 g/mol. The van der Waals surface area contributed by atoms with E-state index in [4.69, 9.17) is 0 Å². The van der Waals surface area contributed by atoms with E-state index in [0.29, 0.717) is 0 Å². The van der Waals surface area contributed by atoms with Gasteiger partial charge in [-0.25, -0.2) is 0 Å². The van der Waals surface area contributed by atoms with Crippen molar-refractivity contribution in [2.45, 2.75) is 66.7 Å². The Morgan fingerprint density at radius 1 is 0.917 bits per heavy atom. The Balaban J connectivity index is 0.000000378. The summed E-state index contributed by atoms with van der Waals surface area (Å²) in [6.45, 7) is 6.40. The number of rotatable bonds is 0. The van der Waals surface area contributed by atoms with Crippen LogP contribution in [0.1, 0.15) is 66.7 Å². The van der Waals surface area contributed by atoms with Crippen molar-refractivity contribution in [2.24, 2.45) is 11.3 Å². The lowest BCUT2D eigenvalue weighted by molar-refractivity contribution is 0.271. The first kappa shape index (κ1) is 12.0. The highest BCUT2D eigenvalue weighted by Gasteiger charge is 2.43. The molecule has 0 saturated heterocycles. The van der Waals surface area contributed by atoms with Gasteiger partial charge in [0, 0.05) is 0 Å².